The lowest BCUT2D eigenvalue weighted by Crippen LogP contribution is -2.39. The summed E-state index contributed by atoms with van der Waals surface area (Å²) in [5.41, 5.74) is 2.44. The Morgan fingerprint density at radius 1 is 1.07 bits per heavy atom. The van der Waals surface area contributed by atoms with E-state index in [-0.39, 0.29) is 11.9 Å². The van der Waals surface area contributed by atoms with Crippen LogP contribution in [0.3, 0.4) is 0 Å². The Balaban J connectivity index is 1.59. The van der Waals surface area contributed by atoms with Crippen LogP contribution in [-0.2, 0) is 0 Å². The molecule has 1 atom stereocenters. The predicted octanol–water partition coefficient (Wildman–Crippen LogP) is 4.15. The smallest absolute Gasteiger partial charge is 0.251 e. The van der Waals surface area contributed by atoms with Crippen LogP contribution in [-0.4, -0.2) is 30.9 Å². The summed E-state index contributed by atoms with van der Waals surface area (Å²) in [6, 6.07) is 20.3. The lowest BCUT2D eigenvalue weighted by Gasteiger charge is -2.37. The minimum atomic E-state index is -0.0808. The second-order valence-electron chi connectivity index (χ2n) is 7.60. The van der Waals surface area contributed by atoms with Gasteiger partial charge >= 0.3 is 0 Å². The van der Waals surface area contributed by atoms with Crippen molar-refractivity contribution in [3.8, 4) is 6.07 Å². The molecular weight excluding hydrogens is 334 g/mol. The molecule has 1 N–H and O–H groups in total. The number of nitrogens with zero attached hydrogens (tertiary/aromatic N) is 2. The number of benzene rings is 2. The third-order valence-corrected chi connectivity index (χ3v) is 5.50. The molecule has 0 spiro atoms. The fourth-order valence-electron chi connectivity index (χ4n) is 4.22. The maximum atomic E-state index is 12.5. The van der Waals surface area contributed by atoms with Gasteiger partial charge in [0.15, 0.2) is 0 Å². The summed E-state index contributed by atoms with van der Waals surface area (Å²) in [6.45, 7) is 0. The molecule has 2 aromatic carbocycles. The van der Waals surface area contributed by atoms with Crippen LogP contribution in [0, 0.1) is 17.2 Å². The third-order valence-electron chi connectivity index (χ3n) is 5.50. The van der Waals surface area contributed by atoms with E-state index < -0.39 is 0 Å². The normalized spacial score (nSPS) is 20.7. The summed E-state index contributed by atoms with van der Waals surface area (Å²) in [5, 5.41) is 12.2. The first-order valence-corrected chi connectivity index (χ1v) is 9.61. The monoisotopic (exact) mass is 361 g/mol. The van der Waals surface area contributed by atoms with Gasteiger partial charge in [0.1, 0.15) is 0 Å². The summed E-state index contributed by atoms with van der Waals surface area (Å²) >= 11 is 0. The maximum absolute atomic E-state index is 12.5. The van der Waals surface area contributed by atoms with Crippen LogP contribution in [0.25, 0.3) is 0 Å². The summed E-state index contributed by atoms with van der Waals surface area (Å²) in [6.07, 6.45) is 4.18. The lowest BCUT2D eigenvalue weighted by atomic mass is 9.78. The molecule has 1 aliphatic carbocycles. The molecule has 1 aliphatic rings. The van der Waals surface area contributed by atoms with E-state index in [4.69, 9.17) is 5.26 Å². The Morgan fingerprint density at radius 3 is 2.41 bits per heavy atom. The molecular formula is C23H27N3O. The Hall–Kier alpha value is -2.64. The van der Waals surface area contributed by atoms with Crippen molar-refractivity contribution in [1.29, 1.82) is 5.26 Å². The van der Waals surface area contributed by atoms with E-state index in [2.05, 4.69) is 60.7 Å². The van der Waals surface area contributed by atoms with Gasteiger partial charge in [-0.05, 0) is 69.5 Å². The minimum absolute atomic E-state index is 0.0808. The molecule has 1 saturated carbocycles. The van der Waals surface area contributed by atoms with Crippen molar-refractivity contribution in [3.05, 3.63) is 71.3 Å². The highest BCUT2D eigenvalue weighted by Gasteiger charge is 2.30. The average molecular weight is 361 g/mol. The van der Waals surface area contributed by atoms with Crippen molar-refractivity contribution >= 4 is 5.91 Å². The molecule has 1 amide bonds. The highest BCUT2D eigenvalue weighted by molar-refractivity contribution is 5.94. The Bertz CT molecular complexity index is 802. The van der Waals surface area contributed by atoms with Crippen LogP contribution < -0.4 is 5.32 Å². The zero-order valence-electron chi connectivity index (χ0n) is 16.1. The van der Waals surface area contributed by atoms with Gasteiger partial charge < -0.3 is 10.2 Å². The molecule has 0 saturated heterocycles. The van der Waals surface area contributed by atoms with E-state index in [1.54, 1.807) is 24.3 Å². The zero-order chi connectivity index (χ0) is 19.2. The minimum Gasteiger partial charge on any atom is -0.349 e. The van der Waals surface area contributed by atoms with Gasteiger partial charge in [-0.3, -0.25) is 4.79 Å². The molecule has 0 radical (unpaired) electrons. The quantitative estimate of drug-likeness (QED) is 0.870. The Labute approximate surface area is 161 Å². The number of amides is 1. The van der Waals surface area contributed by atoms with E-state index in [0.29, 0.717) is 23.1 Å². The SMILES string of the molecule is CN(C)C(c1ccccc1)C1CCC(NC(=O)c2cccc(C#N)c2)CC1. The number of carbonyl (C=O) groups is 1. The third kappa shape index (κ3) is 4.75. The summed E-state index contributed by atoms with van der Waals surface area (Å²) in [7, 11) is 4.29. The van der Waals surface area contributed by atoms with Gasteiger partial charge in [0.2, 0.25) is 0 Å². The molecule has 2 aromatic rings. The largest absolute Gasteiger partial charge is 0.349 e. The van der Waals surface area contributed by atoms with E-state index in [1.807, 2.05) is 0 Å². The van der Waals surface area contributed by atoms with Crippen LogP contribution >= 0.6 is 0 Å². The number of hydrogen-bond acceptors (Lipinski definition) is 3. The van der Waals surface area contributed by atoms with E-state index >= 15 is 0 Å². The summed E-state index contributed by atoms with van der Waals surface area (Å²) in [4.78, 5) is 14.8. The van der Waals surface area contributed by atoms with Crippen LogP contribution in [0.4, 0.5) is 0 Å². The van der Waals surface area contributed by atoms with Crippen LogP contribution in [0.5, 0.6) is 0 Å². The van der Waals surface area contributed by atoms with Gasteiger partial charge in [0.25, 0.3) is 5.91 Å². The Morgan fingerprint density at radius 2 is 1.78 bits per heavy atom. The van der Waals surface area contributed by atoms with Crippen LogP contribution in [0.15, 0.2) is 54.6 Å². The van der Waals surface area contributed by atoms with E-state index in [0.717, 1.165) is 25.7 Å². The van der Waals surface area contributed by atoms with Gasteiger partial charge in [-0.1, -0.05) is 36.4 Å². The number of rotatable bonds is 5. The van der Waals surface area contributed by atoms with Gasteiger partial charge in [0, 0.05) is 17.6 Å². The molecule has 0 bridgehead atoms. The van der Waals surface area contributed by atoms with E-state index in [1.165, 1.54) is 5.56 Å². The van der Waals surface area contributed by atoms with Gasteiger partial charge in [0.05, 0.1) is 11.6 Å². The van der Waals surface area contributed by atoms with Gasteiger partial charge in [-0.2, -0.15) is 5.26 Å². The Kier molecular flexibility index (Phi) is 6.26. The van der Waals surface area contributed by atoms with Crippen molar-refractivity contribution in [3.63, 3.8) is 0 Å². The summed E-state index contributed by atoms with van der Waals surface area (Å²) < 4.78 is 0. The first-order chi connectivity index (χ1) is 13.1. The van der Waals surface area contributed by atoms with Crippen molar-refractivity contribution in [2.45, 2.75) is 37.8 Å². The first-order valence-electron chi connectivity index (χ1n) is 9.61. The molecule has 4 heteroatoms. The second kappa shape index (κ2) is 8.83. The highest BCUT2D eigenvalue weighted by Crippen LogP contribution is 2.37. The molecule has 0 heterocycles. The predicted molar refractivity (Wildman–Crippen MR) is 107 cm³/mol. The van der Waals surface area contributed by atoms with Crippen LogP contribution in [0.2, 0.25) is 0 Å². The number of nitriles is 1. The maximum Gasteiger partial charge on any atom is 0.251 e. The molecule has 140 valence electrons. The molecule has 1 unspecified atom stereocenters. The highest BCUT2D eigenvalue weighted by atomic mass is 16.1. The number of hydrogen-bond donors (Lipinski definition) is 1. The van der Waals surface area contributed by atoms with E-state index in [9.17, 15) is 4.79 Å². The average Bonchev–Trinajstić information content (AvgIpc) is 2.70. The van der Waals surface area contributed by atoms with Gasteiger partial charge in [-0.25, -0.2) is 0 Å². The van der Waals surface area contributed by atoms with Crippen molar-refractivity contribution in [2.75, 3.05) is 14.1 Å². The van der Waals surface area contributed by atoms with Crippen molar-refractivity contribution < 1.29 is 4.79 Å². The molecule has 27 heavy (non-hydrogen) atoms. The standard InChI is InChI=1S/C23H27N3O/c1-26(2)22(18-8-4-3-5-9-18)19-11-13-21(14-12-19)25-23(27)20-10-6-7-17(15-20)16-24/h3-10,15,19,21-22H,11-14H2,1-2H3,(H,25,27). The molecule has 4 nitrogen and oxygen atoms in total. The van der Waals surface area contributed by atoms with Crippen molar-refractivity contribution in [2.24, 2.45) is 5.92 Å². The zero-order valence-corrected chi connectivity index (χ0v) is 16.1. The summed E-state index contributed by atoms with van der Waals surface area (Å²) in [5.74, 6) is 0.514. The fraction of sp³-hybridized carbons (Fsp3) is 0.391. The first kappa shape index (κ1) is 19.1. The number of carbonyl (C=O) groups excluding carboxylic acids is 1. The molecule has 3 rings (SSSR count). The topological polar surface area (TPSA) is 56.1 Å². The molecule has 1 fully saturated rings. The lowest BCUT2D eigenvalue weighted by molar-refractivity contribution is 0.0906. The second-order valence-corrected chi connectivity index (χ2v) is 7.60. The van der Waals surface area contributed by atoms with Crippen molar-refractivity contribution in [1.82, 2.24) is 10.2 Å². The van der Waals surface area contributed by atoms with Gasteiger partial charge in [-0.15, -0.1) is 0 Å². The molecule has 0 aliphatic heterocycles. The van der Waals surface area contributed by atoms with Crippen LogP contribution in [0.1, 0.15) is 53.2 Å². The molecule has 0 aromatic heterocycles. The fourth-order valence-corrected chi connectivity index (χ4v) is 4.22. The number of nitrogens with one attached hydrogen (secondary N) is 1.